The molecule has 0 saturated heterocycles. The summed E-state index contributed by atoms with van der Waals surface area (Å²) in [5.74, 6) is 0.736. The Bertz CT molecular complexity index is 318. The summed E-state index contributed by atoms with van der Waals surface area (Å²) in [5.41, 5.74) is 2.45. The van der Waals surface area contributed by atoms with E-state index in [-0.39, 0.29) is 0 Å². The minimum Gasteiger partial charge on any atom is -0.383 e. The molecule has 90 valence electrons. The number of benzene rings is 1. The van der Waals surface area contributed by atoms with Crippen molar-refractivity contribution in [3.63, 3.8) is 0 Å². The van der Waals surface area contributed by atoms with Gasteiger partial charge in [-0.2, -0.15) is 0 Å². The molecule has 0 aromatic heterocycles. The highest BCUT2D eigenvalue weighted by molar-refractivity contribution is 5.57. The minimum atomic E-state index is 0.525. The van der Waals surface area contributed by atoms with Crippen LogP contribution in [-0.2, 0) is 0 Å². The van der Waals surface area contributed by atoms with E-state index in [0.717, 1.165) is 5.92 Å². The maximum atomic E-state index is 3.54. The summed E-state index contributed by atoms with van der Waals surface area (Å²) in [4.78, 5) is 2.12. The van der Waals surface area contributed by atoms with Gasteiger partial charge in [-0.25, -0.2) is 0 Å². The quantitative estimate of drug-likeness (QED) is 0.815. The van der Waals surface area contributed by atoms with Crippen LogP contribution >= 0.6 is 0 Å². The van der Waals surface area contributed by atoms with Gasteiger partial charge in [0.05, 0.1) is 0 Å². The van der Waals surface area contributed by atoms with Crippen molar-refractivity contribution in [2.75, 3.05) is 24.3 Å². The van der Waals surface area contributed by atoms with E-state index in [1.54, 1.807) is 0 Å². The second-order valence-electron chi connectivity index (χ2n) is 5.12. The van der Waals surface area contributed by atoms with Crippen molar-refractivity contribution in [1.29, 1.82) is 0 Å². The Balaban J connectivity index is 2.63. The highest BCUT2D eigenvalue weighted by atomic mass is 15.1. The van der Waals surface area contributed by atoms with Gasteiger partial charge in [-0.3, -0.25) is 0 Å². The van der Waals surface area contributed by atoms with E-state index >= 15 is 0 Å². The molecule has 0 heterocycles. The molecule has 16 heavy (non-hydrogen) atoms. The van der Waals surface area contributed by atoms with Gasteiger partial charge in [0.2, 0.25) is 0 Å². The zero-order chi connectivity index (χ0) is 12.1. The van der Waals surface area contributed by atoms with E-state index in [1.807, 2.05) is 0 Å². The van der Waals surface area contributed by atoms with E-state index in [4.69, 9.17) is 0 Å². The Labute approximate surface area is 99.7 Å². The topological polar surface area (TPSA) is 15.3 Å². The average Bonchev–Trinajstić information content (AvgIpc) is 2.16. The molecule has 2 nitrogen and oxygen atoms in total. The number of hydrogen-bond acceptors (Lipinski definition) is 2. The van der Waals surface area contributed by atoms with Crippen LogP contribution < -0.4 is 10.2 Å². The lowest BCUT2D eigenvalue weighted by atomic mass is 10.1. The van der Waals surface area contributed by atoms with Crippen molar-refractivity contribution in [2.24, 2.45) is 5.92 Å². The first-order chi connectivity index (χ1) is 7.49. The standard InChI is InChI=1S/C14H24N2/c1-11(2)9-12(3)15-13-7-6-8-14(10-13)16(4)5/h6-8,10-12,15H,9H2,1-5H3. The van der Waals surface area contributed by atoms with E-state index in [2.05, 4.69) is 69.3 Å². The zero-order valence-corrected chi connectivity index (χ0v) is 11.1. The second-order valence-corrected chi connectivity index (χ2v) is 5.12. The molecule has 1 rings (SSSR count). The minimum absolute atomic E-state index is 0.525. The Morgan fingerprint density at radius 3 is 2.44 bits per heavy atom. The predicted octanol–water partition coefficient (Wildman–Crippen LogP) is 3.60. The van der Waals surface area contributed by atoms with Crippen molar-refractivity contribution >= 4 is 11.4 Å². The summed E-state index contributed by atoms with van der Waals surface area (Å²) in [5, 5.41) is 3.54. The maximum Gasteiger partial charge on any atom is 0.0381 e. The fraction of sp³-hybridized carbons (Fsp3) is 0.571. The van der Waals surface area contributed by atoms with Crippen LogP contribution in [0.1, 0.15) is 27.2 Å². The van der Waals surface area contributed by atoms with Gasteiger partial charge < -0.3 is 10.2 Å². The normalized spacial score (nSPS) is 12.6. The SMILES string of the molecule is CC(C)CC(C)Nc1cccc(N(C)C)c1. The first-order valence-corrected chi connectivity index (χ1v) is 6.03. The second kappa shape index (κ2) is 5.78. The van der Waals surface area contributed by atoms with Crippen molar-refractivity contribution in [3.05, 3.63) is 24.3 Å². The van der Waals surface area contributed by atoms with Crippen LogP contribution in [0.3, 0.4) is 0 Å². The van der Waals surface area contributed by atoms with Crippen LogP contribution in [0.25, 0.3) is 0 Å². The summed E-state index contributed by atoms with van der Waals surface area (Å²) in [7, 11) is 4.13. The summed E-state index contributed by atoms with van der Waals surface area (Å²) in [6, 6.07) is 9.07. The molecule has 0 saturated carbocycles. The first kappa shape index (κ1) is 12.9. The van der Waals surface area contributed by atoms with Gasteiger partial charge in [-0.05, 0) is 37.5 Å². The van der Waals surface area contributed by atoms with Gasteiger partial charge in [0.15, 0.2) is 0 Å². The van der Waals surface area contributed by atoms with Gasteiger partial charge in [-0.15, -0.1) is 0 Å². The molecule has 1 aromatic carbocycles. The third-order valence-electron chi connectivity index (χ3n) is 2.60. The fourth-order valence-corrected chi connectivity index (χ4v) is 1.92. The van der Waals surface area contributed by atoms with E-state index < -0.39 is 0 Å². The van der Waals surface area contributed by atoms with Gasteiger partial charge in [0.1, 0.15) is 0 Å². The molecule has 2 heteroatoms. The largest absolute Gasteiger partial charge is 0.383 e. The number of nitrogens with one attached hydrogen (secondary N) is 1. The highest BCUT2D eigenvalue weighted by Gasteiger charge is 2.05. The van der Waals surface area contributed by atoms with Crippen LogP contribution in [0.4, 0.5) is 11.4 Å². The Morgan fingerprint density at radius 2 is 1.88 bits per heavy atom. The van der Waals surface area contributed by atoms with Crippen LogP contribution in [-0.4, -0.2) is 20.1 Å². The summed E-state index contributed by atoms with van der Waals surface area (Å²) in [6.45, 7) is 6.76. The van der Waals surface area contributed by atoms with Crippen LogP contribution in [0.2, 0.25) is 0 Å². The monoisotopic (exact) mass is 220 g/mol. The molecule has 0 aliphatic heterocycles. The number of hydrogen-bond donors (Lipinski definition) is 1. The van der Waals surface area contributed by atoms with Crippen LogP contribution in [0.15, 0.2) is 24.3 Å². The summed E-state index contributed by atoms with van der Waals surface area (Å²) < 4.78 is 0. The van der Waals surface area contributed by atoms with Gasteiger partial charge in [0.25, 0.3) is 0 Å². The molecule has 0 spiro atoms. The van der Waals surface area contributed by atoms with Gasteiger partial charge in [-0.1, -0.05) is 19.9 Å². The Morgan fingerprint density at radius 1 is 1.19 bits per heavy atom. The van der Waals surface area contributed by atoms with Crippen LogP contribution in [0, 0.1) is 5.92 Å². The van der Waals surface area contributed by atoms with Crippen LogP contribution in [0.5, 0.6) is 0 Å². The van der Waals surface area contributed by atoms with Gasteiger partial charge >= 0.3 is 0 Å². The zero-order valence-electron chi connectivity index (χ0n) is 11.1. The van der Waals surface area contributed by atoms with Crippen molar-refractivity contribution < 1.29 is 0 Å². The smallest absolute Gasteiger partial charge is 0.0381 e. The molecule has 0 aliphatic rings. The van der Waals surface area contributed by atoms with E-state index in [1.165, 1.54) is 17.8 Å². The number of anilines is 2. The highest BCUT2D eigenvalue weighted by Crippen LogP contribution is 2.19. The average molecular weight is 220 g/mol. The number of nitrogens with zero attached hydrogens (tertiary/aromatic N) is 1. The lowest BCUT2D eigenvalue weighted by molar-refractivity contribution is 0.540. The third-order valence-corrected chi connectivity index (χ3v) is 2.60. The number of rotatable bonds is 5. The molecular formula is C14H24N2. The molecule has 0 bridgehead atoms. The van der Waals surface area contributed by atoms with E-state index in [0.29, 0.717) is 6.04 Å². The molecule has 1 N–H and O–H groups in total. The lowest BCUT2D eigenvalue weighted by Gasteiger charge is -2.19. The molecule has 0 radical (unpaired) electrons. The molecule has 0 fully saturated rings. The molecule has 1 atom stereocenters. The Hall–Kier alpha value is -1.18. The van der Waals surface area contributed by atoms with Crippen molar-refractivity contribution in [2.45, 2.75) is 33.2 Å². The fourth-order valence-electron chi connectivity index (χ4n) is 1.92. The third kappa shape index (κ3) is 4.13. The molecule has 1 unspecified atom stereocenters. The Kier molecular flexibility index (Phi) is 4.66. The van der Waals surface area contributed by atoms with Crippen molar-refractivity contribution in [1.82, 2.24) is 0 Å². The predicted molar refractivity (Wildman–Crippen MR) is 73.3 cm³/mol. The maximum absolute atomic E-state index is 3.54. The lowest BCUT2D eigenvalue weighted by Crippen LogP contribution is -2.17. The summed E-state index contributed by atoms with van der Waals surface area (Å²) >= 11 is 0. The molecule has 0 aliphatic carbocycles. The molecular weight excluding hydrogens is 196 g/mol. The van der Waals surface area contributed by atoms with Crippen molar-refractivity contribution in [3.8, 4) is 0 Å². The van der Waals surface area contributed by atoms with Gasteiger partial charge in [0, 0.05) is 31.5 Å². The first-order valence-electron chi connectivity index (χ1n) is 6.03. The summed E-state index contributed by atoms with van der Waals surface area (Å²) in [6.07, 6.45) is 1.20. The molecule has 1 aromatic rings. The van der Waals surface area contributed by atoms with E-state index in [9.17, 15) is 0 Å². The molecule has 0 amide bonds.